The molecular formula is C23H29ClN2O4S. The van der Waals surface area contributed by atoms with Gasteiger partial charge in [-0.15, -0.1) is 0 Å². The number of sulfonamides is 1. The van der Waals surface area contributed by atoms with E-state index in [4.69, 9.17) is 16.3 Å². The number of ether oxygens (including phenoxy) is 1. The molecule has 168 valence electrons. The van der Waals surface area contributed by atoms with Crippen molar-refractivity contribution in [2.75, 3.05) is 17.4 Å². The first kappa shape index (κ1) is 23.4. The second-order valence-corrected chi connectivity index (χ2v) is 10.0. The number of fused-ring (bicyclic) bond motifs is 1. The molecule has 2 atom stereocenters. The van der Waals surface area contributed by atoms with Crippen LogP contribution in [0.4, 0.5) is 5.69 Å². The van der Waals surface area contributed by atoms with Crippen LogP contribution in [0.3, 0.4) is 0 Å². The fourth-order valence-electron chi connectivity index (χ4n) is 3.60. The second kappa shape index (κ2) is 10.4. The molecule has 31 heavy (non-hydrogen) atoms. The SMILES string of the molecule is CCCC[C@@H](CC)CNC(=O)[C@H]1CN(S(=O)(=O)c2ccc(Cl)cc2)c2ccccc2O1. The van der Waals surface area contributed by atoms with Crippen LogP contribution < -0.4 is 14.4 Å². The van der Waals surface area contributed by atoms with E-state index in [-0.39, 0.29) is 17.3 Å². The van der Waals surface area contributed by atoms with Gasteiger partial charge in [-0.3, -0.25) is 9.10 Å². The summed E-state index contributed by atoms with van der Waals surface area (Å²) >= 11 is 5.92. The van der Waals surface area contributed by atoms with Gasteiger partial charge in [0.25, 0.3) is 15.9 Å². The molecule has 1 heterocycles. The van der Waals surface area contributed by atoms with Gasteiger partial charge in [0.15, 0.2) is 6.10 Å². The number of rotatable bonds is 9. The molecule has 0 bridgehead atoms. The van der Waals surface area contributed by atoms with Crippen molar-refractivity contribution in [3.05, 3.63) is 53.6 Å². The Kier molecular flexibility index (Phi) is 7.84. The number of benzene rings is 2. The number of para-hydroxylation sites is 2. The fourth-order valence-corrected chi connectivity index (χ4v) is 5.20. The van der Waals surface area contributed by atoms with E-state index in [9.17, 15) is 13.2 Å². The second-order valence-electron chi connectivity index (χ2n) is 7.73. The lowest BCUT2D eigenvalue weighted by molar-refractivity contribution is -0.127. The summed E-state index contributed by atoms with van der Waals surface area (Å²) in [4.78, 5) is 13.0. The molecule has 2 aromatic carbocycles. The van der Waals surface area contributed by atoms with Crippen LogP contribution in [0.25, 0.3) is 0 Å². The Bertz CT molecular complexity index is 995. The molecule has 0 fully saturated rings. The third kappa shape index (κ3) is 5.52. The van der Waals surface area contributed by atoms with E-state index in [2.05, 4.69) is 19.2 Å². The maximum atomic E-state index is 13.4. The quantitative estimate of drug-likeness (QED) is 0.587. The van der Waals surface area contributed by atoms with Gasteiger partial charge in [-0.1, -0.05) is 56.8 Å². The number of anilines is 1. The Hall–Kier alpha value is -2.25. The van der Waals surface area contributed by atoms with E-state index in [0.29, 0.717) is 28.9 Å². The maximum Gasteiger partial charge on any atom is 0.264 e. The fraction of sp³-hybridized carbons (Fsp3) is 0.435. The van der Waals surface area contributed by atoms with Gasteiger partial charge in [0.05, 0.1) is 17.1 Å². The minimum Gasteiger partial charge on any atom is -0.476 e. The molecule has 1 aliphatic rings. The summed E-state index contributed by atoms with van der Waals surface area (Å²) in [5.41, 5.74) is 0.413. The van der Waals surface area contributed by atoms with Gasteiger partial charge in [-0.2, -0.15) is 0 Å². The van der Waals surface area contributed by atoms with Crippen LogP contribution in [0.1, 0.15) is 39.5 Å². The summed E-state index contributed by atoms with van der Waals surface area (Å²) in [6.07, 6.45) is 3.34. The molecule has 0 saturated carbocycles. The highest BCUT2D eigenvalue weighted by Crippen LogP contribution is 2.37. The van der Waals surface area contributed by atoms with Crippen LogP contribution in [-0.2, 0) is 14.8 Å². The lowest BCUT2D eigenvalue weighted by Gasteiger charge is -2.35. The van der Waals surface area contributed by atoms with Gasteiger partial charge in [0.2, 0.25) is 0 Å². The van der Waals surface area contributed by atoms with Gasteiger partial charge >= 0.3 is 0 Å². The third-order valence-corrected chi connectivity index (χ3v) is 7.58. The summed E-state index contributed by atoms with van der Waals surface area (Å²) in [7, 11) is -3.89. The van der Waals surface area contributed by atoms with Crippen molar-refractivity contribution in [2.45, 2.75) is 50.5 Å². The van der Waals surface area contributed by atoms with Gasteiger partial charge in [0, 0.05) is 11.6 Å². The number of carbonyl (C=O) groups is 1. The summed E-state index contributed by atoms with van der Waals surface area (Å²) < 4.78 is 33.8. The number of amides is 1. The smallest absolute Gasteiger partial charge is 0.264 e. The molecule has 3 rings (SSSR count). The molecular weight excluding hydrogens is 436 g/mol. The van der Waals surface area contributed by atoms with Crippen molar-refractivity contribution >= 4 is 33.2 Å². The molecule has 0 aliphatic carbocycles. The van der Waals surface area contributed by atoms with Crippen molar-refractivity contribution in [1.29, 1.82) is 0 Å². The Morgan fingerprint density at radius 2 is 1.90 bits per heavy atom. The molecule has 2 aromatic rings. The molecule has 1 aliphatic heterocycles. The first-order chi connectivity index (χ1) is 14.9. The van der Waals surface area contributed by atoms with Gasteiger partial charge < -0.3 is 10.1 Å². The van der Waals surface area contributed by atoms with Gasteiger partial charge in [-0.25, -0.2) is 8.42 Å². The molecule has 1 amide bonds. The summed E-state index contributed by atoms with van der Waals surface area (Å²) in [6, 6.07) is 12.8. The third-order valence-electron chi connectivity index (χ3n) is 5.54. The van der Waals surface area contributed by atoms with Crippen molar-refractivity contribution in [1.82, 2.24) is 5.32 Å². The predicted octanol–water partition coefficient (Wildman–Crippen LogP) is 4.63. The Morgan fingerprint density at radius 1 is 1.19 bits per heavy atom. The van der Waals surface area contributed by atoms with Crippen LogP contribution in [0.15, 0.2) is 53.4 Å². The highest BCUT2D eigenvalue weighted by Gasteiger charge is 2.37. The number of nitrogens with one attached hydrogen (secondary N) is 1. The molecule has 0 aromatic heterocycles. The molecule has 0 saturated heterocycles. The van der Waals surface area contributed by atoms with Crippen LogP contribution in [-0.4, -0.2) is 33.5 Å². The van der Waals surface area contributed by atoms with E-state index in [1.54, 1.807) is 24.3 Å². The molecule has 8 heteroatoms. The largest absolute Gasteiger partial charge is 0.476 e. The van der Waals surface area contributed by atoms with E-state index in [1.807, 2.05) is 0 Å². The summed E-state index contributed by atoms with van der Waals surface area (Å²) in [6.45, 7) is 4.72. The van der Waals surface area contributed by atoms with Crippen LogP contribution in [0, 0.1) is 5.92 Å². The lowest BCUT2D eigenvalue weighted by Crippen LogP contribution is -2.51. The first-order valence-electron chi connectivity index (χ1n) is 10.7. The zero-order chi connectivity index (χ0) is 22.4. The minimum absolute atomic E-state index is 0.0977. The number of unbranched alkanes of at least 4 members (excludes halogenated alkanes) is 1. The molecule has 0 spiro atoms. The number of nitrogens with zero attached hydrogens (tertiary/aromatic N) is 1. The Morgan fingerprint density at radius 3 is 2.58 bits per heavy atom. The zero-order valence-electron chi connectivity index (χ0n) is 17.9. The monoisotopic (exact) mass is 464 g/mol. The van der Waals surface area contributed by atoms with E-state index in [0.717, 1.165) is 25.7 Å². The topological polar surface area (TPSA) is 75.7 Å². The number of carbonyl (C=O) groups excluding carboxylic acids is 1. The summed E-state index contributed by atoms with van der Waals surface area (Å²) in [5.74, 6) is 0.457. The highest BCUT2D eigenvalue weighted by molar-refractivity contribution is 7.92. The predicted molar refractivity (Wildman–Crippen MR) is 123 cm³/mol. The van der Waals surface area contributed by atoms with Crippen molar-refractivity contribution in [3.8, 4) is 5.75 Å². The van der Waals surface area contributed by atoms with Crippen LogP contribution >= 0.6 is 11.6 Å². The highest BCUT2D eigenvalue weighted by atomic mass is 35.5. The van der Waals surface area contributed by atoms with Crippen LogP contribution in [0.2, 0.25) is 5.02 Å². The first-order valence-corrected chi connectivity index (χ1v) is 12.5. The van der Waals surface area contributed by atoms with Gasteiger partial charge in [0.1, 0.15) is 5.75 Å². The molecule has 6 nitrogen and oxygen atoms in total. The van der Waals surface area contributed by atoms with Crippen molar-refractivity contribution in [2.24, 2.45) is 5.92 Å². The zero-order valence-corrected chi connectivity index (χ0v) is 19.5. The normalized spacial score (nSPS) is 16.9. The van der Waals surface area contributed by atoms with E-state index in [1.165, 1.54) is 28.6 Å². The average Bonchev–Trinajstić information content (AvgIpc) is 2.78. The molecule has 0 unspecified atom stereocenters. The number of halogens is 1. The number of hydrogen-bond donors (Lipinski definition) is 1. The van der Waals surface area contributed by atoms with E-state index >= 15 is 0 Å². The van der Waals surface area contributed by atoms with E-state index < -0.39 is 16.1 Å². The molecule has 0 radical (unpaired) electrons. The van der Waals surface area contributed by atoms with Gasteiger partial charge in [-0.05, 0) is 48.7 Å². The van der Waals surface area contributed by atoms with Crippen molar-refractivity contribution < 1.29 is 17.9 Å². The Labute approximate surface area is 189 Å². The van der Waals surface area contributed by atoms with Crippen molar-refractivity contribution in [3.63, 3.8) is 0 Å². The Balaban J connectivity index is 1.81. The lowest BCUT2D eigenvalue weighted by atomic mass is 9.99. The number of hydrogen-bond acceptors (Lipinski definition) is 4. The molecule has 1 N–H and O–H groups in total. The standard InChI is InChI=1S/C23H29ClN2O4S/c1-3-5-8-17(4-2)15-25-23(27)22-16-26(20-9-6-7-10-21(20)30-22)31(28,29)19-13-11-18(24)12-14-19/h6-7,9-14,17,22H,3-5,8,15-16H2,1-2H3,(H,25,27)/t17-,22-/m1/s1. The maximum absolute atomic E-state index is 13.4. The summed E-state index contributed by atoms with van der Waals surface area (Å²) in [5, 5.41) is 3.41. The minimum atomic E-state index is -3.89. The average molecular weight is 465 g/mol. The van der Waals surface area contributed by atoms with Crippen LogP contribution in [0.5, 0.6) is 5.75 Å².